The number of amides is 2. The average molecular weight is 306 g/mol. The molecule has 120 valence electrons. The van der Waals surface area contributed by atoms with Gasteiger partial charge in [0, 0.05) is 13.1 Å². The highest BCUT2D eigenvalue weighted by atomic mass is 16.4. The third kappa shape index (κ3) is 3.22. The Morgan fingerprint density at radius 2 is 2.00 bits per heavy atom. The Morgan fingerprint density at radius 1 is 1.32 bits per heavy atom. The number of hydrogen-bond acceptors (Lipinski definition) is 3. The van der Waals surface area contributed by atoms with E-state index in [2.05, 4.69) is 5.32 Å². The van der Waals surface area contributed by atoms with E-state index >= 15 is 0 Å². The van der Waals surface area contributed by atoms with Gasteiger partial charge in [-0.2, -0.15) is 0 Å². The molecule has 0 spiro atoms. The maximum Gasteiger partial charge on any atom is 0.335 e. The molecule has 1 aliphatic heterocycles. The van der Waals surface area contributed by atoms with Crippen LogP contribution in [0, 0.1) is 0 Å². The van der Waals surface area contributed by atoms with Crippen LogP contribution in [0.25, 0.3) is 0 Å². The fourth-order valence-corrected chi connectivity index (χ4v) is 2.94. The van der Waals surface area contributed by atoms with Crippen molar-refractivity contribution in [3.05, 3.63) is 35.4 Å². The quantitative estimate of drug-likeness (QED) is 0.774. The average Bonchev–Trinajstić information content (AvgIpc) is 2.97. The second kappa shape index (κ2) is 6.79. The summed E-state index contributed by atoms with van der Waals surface area (Å²) >= 11 is 0. The standard InChI is InChI=1S/C16H22N2O4/c1-2-16(11-19)8-3-9-18(16)15(22)17-10-12-4-6-13(7-5-12)14(20)21/h4-7,19H,2-3,8-11H2,1H3,(H,17,22)(H,20,21). The Bertz CT molecular complexity index is 538. The van der Waals surface area contributed by atoms with Crippen LogP contribution in [-0.4, -0.2) is 45.8 Å². The molecule has 6 heteroatoms. The van der Waals surface area contributed by atoms with Crippen molar-refractivity contribution in [2.24, 2.45) is 0 Å². The third-order valence-electron chi connectivity index (χ3n) is 4.44. The van der Waals surface area contributed by atoms with Gasteiger partial charge in [0.25, 0.3) is 0 Å². The second-order valence-corrected chi connectivity index (χ2v) is 5.65. The summed E-state index contributed by atoms with van der Waals surface area (Å²) in [6.07, 6.45) is 2.44. The van der Waals surface area contributed by atoms with Gasteiger partial charge in [-0.15, -0.1) is 0 Å². The highest BCUT2D eigenvalue weighted by Crippen LogP contribution is 2.31. The summed E-state index contributed by atoms with van der Waals surface area (Å²) in [5, 5.41) is 21.3. The van der Waals surface area contributed by atoms with Gasteiger partial charge in [-0.25, -0.2) is 9.59 Å². The van der Waals surface area contributed by atoms with Crippen molar-refractivity contribution >= 4 is 12.0 Å². The van der Waals surface area contributed by atoms with Gasteiger partial charge >= 0.3 is 12.0 Å². The van der Waals surface area contributed by atoms with Crippen LogP contribution in [0.4, 0.5) is 4.79 Å². The van der Waals surface area contributed by atoms with E-state index in [4.69, 9.17) is 5.11 Å². The smallest absolute Gasteiger partial charge is 0.335 e. The van der Waals surface area contributed by atoms with Crippen molar-refractivity contribution < 1.29 is 19.8 Å². The zero-order valence-electron chi connectivity index (χ0n) is 12.7. The minimum absolute atomic E-state index is 0.0236. The van der Waals surface area contributed by atoms with Gasteiger partial charge < -0.3 is 20.4 Å². The van der Waals surface area contributed by atoms with E-state index in [-0.39, 0.29) is 18.2 Å². The van der Waals surface area contributed by atoms with Crippen molar-refractivity contribution in [3.8, 4) is 0 Å². The highest BCUT2D eigenvalue weighted by Gasteiger charge is 2.41. The SMILES string of the molecule is CCC1(CO)CCCN1C(=O)NCc1ccc(C(=O)O)cc1. The first-order valence-electron chi connectivity index (χ1n) is 7.51. The fourth-order valence-electron chi connectivity index (χ4n) is 2.94. The molecule has 6 nitrogen and oxygen atoms in total. The molecule has 1 fully saturated rings. The first-order chi connectivity index (χ1) is 10.5. The summed E-state index contributed by atoms with van der Waals surface area (Å²) < 4.78 is 0. The normalized spacial score (nSPS) is 20.9. The minimum atomic E-state index is -0.969. The van der Waals surface area contributed by atoms with Crippen LogP contribution in [0.2, 0.25) is 0 Å². The topological polar surface area (TPSA) is 89.9 Å². The molecular weight excluding hydrogens is 284 g/mol. The molecule has 1 aromatic rings. The molecular formula is C16H22N2O4. The Kier molecular flexibility index (Phi) is 5.03. The van der Waals surface area contributed by atoms with E-state index in [0.717, 1.165) is 24.8 Å². The largest absolute Gasteiger partial charge is 0.478 e. The van der Waals surface area contributed by atoms with Crippen LogP contribution in [-0.2, 0) is 6.54 Å². The fraction of sp³-hybridized carbons (Fsp3) is 0.500. The number of aromatic carboxylic acids is 1. The summed E-state index contributed by atoms with van der Waals surface area (Å²) in [5.41, 5.74) is 0.612. The summed E-state index contributed by atoms with van der Waals surface area (Å²) in [7, 11) is 0. The zero-order valence-corrected chi connectivity index (χ0v) is 12.7. The monoisotopic (exact) mass is 306 g/mol. The molecule has 0 saturated carbocycles. The Morgan fingerprint density at radius 3 is 2.55 bits per heavy atom. The number of nitrogens with zero attached hydrogens (tertiary/aromatic N) is 1. The minimum Gasteiger partial charge on any atom is -0.478 e. The summed E-state index contributed by atoms with van der Waals surface area (Å²) in [6, 6.07) is 6.23. The van der Waals surface area contributed by atoms with E-state index < -0.39 is 11.5 Å². The molecule has 0 aliphatic carbocycles. The molecule has 1 heterocycles. The molecule has 2 rings (SSSR count). The number of rotatable bonds is 5. The van der Waals surface area contributed by atoms with Crippen LogP contribution >= 0.6 is 0 Å². The van der Waals surface area contributed by atoms with Gasteiger partial charge in [-0.05, 0) is 37.0 Å². The van der Waals surface area contributed by atoms with Crippen LogP contribution in [0.5, 0.6) is 0 Å². The first kappa shape index (κ1) is 16.3. The summed E-state index contributed by atoms with van der Waals surface area (Å²) in [6.45, 7) is 2.94. The van der Waals surface area contributed by atoms with Crippen LogP contribution in [0.3, 0.4) is 0 Å². The molecule has 1 unspecified atom stereocenters. The van der Waals surface area contributed by atoms with Crippen molar-refractivity contribution in [2.75, 3.05) is 13.2 Å². The molecule has 0 radical (unpaired) electrons. The number of benzene rings is 1. The van der Waals surface area contributed by atoms with E-state index in [9.17, 15) is 14.7 Å². The number of nitrogens with one attached hydrogen (secondary N) is 1. The third-order valence-corrected chi connectivity index (χ3v) is 4.44. The van der Waals surface area contributed by atoms with Crippen molar-refractivity contribution in [2.45, 2.75) is 38.3 Å². The molecule has 2 amide bonds. The lowest BCUT2D eigenvalue weighted by Crippen LogP contribution is -2.53. The summed E-state index contributed by atoms with van der Waals surface area (Å²) in [5.74, 6) is -0.969. The number of urea groups is 1. The number of likely N-dealkylation sites (tertiary alicyclic amines) is 1. The molecule has 1 saturated heterocycles. The molecule has 22 heavy (non-hydrogen) atoms. The lowest BCUT2D eigenvalue weighted by Gasteiger charge is -2.36. The van der Waals surface area contributed by atoms with E-state index in [1.165, 1.54) is 12.1 Å². The predicted octanol–water partition coefficient (Wildman–Crippen LogP) is 1.83. The Hall–Kier alpha value is -2.08. The van der Waals surface area contributed by atoms with Gasteiger partial charge in [0.05, 0.1) is 17.7 Å². The number of aliphatic hydroxyl groups excluding tert-OH is 1. The molecule has 0 bridgehead atoms. The number of carbonyl (C=O) groups excluding carboxylic acids is 1. The molecule has 1 aromatic carbocycles. The maximum absolute atomic E-state index is 12.3. The second-order valence-electron chi connectivity index (χ2n) is 5.65. The zero-order chi connectivity index (χ0) is 16.2. The Balaban J connectivity index is 1.96. The molecule has 0 aromatic heterocycles. The Labute approximate surface area is 129 Å². The van der Waals surface area contributed by atoms with Crippen LogP contribution < -0.4 is 5.32 Å². The van der Waals surface area contributed by atoms with E-state index in [0.29, 0.717) is 13.1 Å². The van der Waals surface area contributed by atoms with Crippen molar-refractivity contribution in [1.29, 1.82) is 0 Å². The number of carboxylic acid groups (broad SMARTS) is 1. The van der Waals surface area contributed by atoms with Crippen LogP contribution in [0.1, 0.15) is 42.1 Å². The predicted molar refractivity (Wildman–Crippen MR) is 81.7 cm³/mol. The maximum atomic E-state index is 12.3. The molecule has 1 atom stereocenters. The first-order valence-corrected chi connectivity index (χ1v) is 7.51. The number of carboxylic acids is 1. The number of aliphatic hydroxyl groups is 1. The lowest BCUT2D eigenvalue weighted by atomic mass is 9.94. The van der Waals surface area contributed by atoms with Gasteiger partial charge in [-0.1, -0.05) is 19.1 Å². The van der Waals surface area contributed by atoms with Gasteiger partial charge in [0.15, 0.2) is 0 Å². The van der Waals surface area contributed by atoms with Crippen LogP contribution in [0.15, 0.2) is 24.3 Å². The van der Waals surface area contributed by atoms with E-state index in [1.54, 1.807) is 17.0 Å². The van der Waals surface area contributed by atoms with Crippen molar-refractivity contribution in [3.63, 3.8) is 0 Å². The number of carbonyl (C=O) groups is 2. The number of hydrogen-bond donors (Lipinski definition) is 3. The molecule has 3 N–H and O–H groups in total. The van der Waals surface area contributed by atoms with Crippen molar-refractivity contribution in [1.82, 2.24) is 10.2 Å². The summed E-state index contributed by atoms with van der Waals surface area (Å²) in [4.78, 5) is 24.8. The lowest BCUT2D eigenvalue weighted by molar-refractivity contribution is 0.0696. The highest BCUT2D eigenvalue weighted by molar-refractivity contribution is 5.87. The molecule has 1 aliphatic rings. The van der Waals surface area contributed by atoms with Gasteiger partial charge in [-0.3, -0.25) is 0 Å². The van der Waals surface area contributed by atoms with Gasteiger partial charge in [0.2, 0.25) is 0 Å². The van der Waals surface area contributed by atoms with E-state index in [1.807, 2.05) is 6.92 Å². The van der Waals surface area contributed by atoms with Gasteiger partial charge in [0.1, 0.15) is 0 Å².